The highest BCUT2D eigenvalue weighted by molar-refractivity contribution is 5.92. The molecule has 0 saturated heterocycles. The van der Waals surface area contributed by atoms with Crippen molar-refractivity contribution < 1.29 is 19.4 Å². The molecule has 1 fully saturated rings. The number of nitrogens with one attached hydrogen (secondary N) is 1. The quantitative estimate of drug-likeness (QED) is 0.658. The summed E-state index contributed by atoms with van der Waals surface area (Å²) in [6.07, 6.45) is 8.57. The summed E-state index contributed by atoms with van der Waals surface area (Å²) in [7, 11) is 1.66. The van der Waals surface area contributed by atoms with Crippen LogP contribution in [0.1, 0.15) is 41.9 Å². The zero-order valence-corrected chi connectivity index (χ0v) is 15.4. The average molecular weight is 375 g/mol. The van der Waals surface area contributed by atoms with Gasteiger partial charge in [-0.3, -0.25) is 9.36 Å². The van der Waals surface area contributed by atoms with E-state index in [-0.39, 0.29) is 30.4 Å². The van der Waals surface area contributed by atoms with Crippen molar-refractivity contribution in [3.8, 4) is 5.95 Å². The number of carbonyl (C=O) groups is 1. The molecular formula is C18H25N5O4. The normalized spacial score (nSPS) is 19.8. The summed E-state index contributed by atoms with van der Waals surface area (Å²) >= 11 is 0. The van der Waals surface area contributed by atoms with Gasteiger partial charge in [-0.2, -0.15) is 0 Å². The number of hydrogen-bond acceptors (Lipinski definition) is 7. The third-order valence-corrected chi connectivity index (χ3v) is 4.55. The van der Waals surface area contributed by atoms with E-state index >= 15 is 0 Å². The van der Waals surface area contributed by atoms with E-state index < -0.39 is 0 Å². The number of methoxy groups -OCH3 is 1. The van der Waals surface area contributed by atoms with Crippen LogP contribution in [-0.2, 0) is 16.1 Å². The van der Waals surface area contributed by atoms with Gasteiger partial charge in [0.15, 0.2) is 0 Å². The van der Waals surface area contributed by atoms with E-state index in [0.29, 0.717) is 24.9 Å². The molecule has 0 aliphatic heterocycles. The molecule has 0 radical (unpaired) electrons. The molecule has 0 atom stereocenters. The number of aliphatic hydroxyl groups excluding tert-OH is 1. The molecule has 1 saturated carbocycles. The summed E-state index contributed by atoms with van der Waals surface area (Å²) in [5, 5.41) is 12.5. The fourth-order valence-electron chi connectivity index (χ4n) is 3.11. The molecule has 2 aromatic heterocycles. The molecule has 1 aliphatic carbocycles. The van der Waals surface area contributed by atoms with Gasteiger partial charge in [0.1, 0.15) is 12.0 Å². The van der Waals surface area contributed by atoms with Crippen molar-refractivity contribution in [2.45, 2.75) is 44.4 Å². The molecule has 1 amide bonds. The molecule has 0 aromatic carbocycles. The highest BCUT2D eigenvalue weighted by atomic mass is 16.5. The number of aromatic nitrogens is 4. The van der Waals surface area contributed by atoms with Gasteiger partial charge in [-0.15, -0.1) is 0 Å². The SMILES string of the molecule is COCCO[C@H]1CC[C@H](NC(=O)c2cc(CO)nc(-n3ccnc3)n2)CC1. The van der Waals surface area contributed by atoms with E-state index in [1.807, 2.05) is 0 Å². The van der Waals surface area contributed by atoms with Gasteiger partial charge in [-0.05, 0) is 31.7 Å². The van der Waals surface area contributed by atoms with Crippen molar-refractivity contribution in [3.05, 3.63) is 36.2 Å². The minimum absolute atomic E-state index is 0.0870. The van der Waals surface area contributed by atoms with E-state index in [2.05, 4.69) is 20.3 Å². The Labute approximate surface area is 157 Å². The van der Waals surface area contributed by atoms with E-state index in [4.69, 9.17) is 9.47 Å². The van der Waals surface area contributed by atoms with Crippen molar-refractivity contribution in [3.63, 3.8) is 0 Å². The van der Waals surface area contributed by atoms with E-state index in [0.717, 1.165) is 25.7 Å². The summed E-state index contributed by atoms with van der Waals surface area (Å²) in [4.78, 5) is 25.1. The summed E-state index contributed by atoms with van der Waals surface area (Å²) in [5.41, 5.74) is 0.616. The van der Waals surface area contributed by atoms with Crippen molar-refractivity contribution in [2.24, 2.45) is 0 Å². The third-order valence-electron chi connectivity index (χ3n) is 4.55. The molecule has 2 heterocycles. The van der Waals surface area contributed by atoms with Gasteiger partial charge in [-0.1, -0.05) is 0 Å². The maximum Gasteiger partial charge on any atom is 0.270 e. The Balaban J connectivity index is 1.59. The van der Waals surface area contributed by atoms with Gasteiger partial charge in [0.05, 0.1) is 31.6 Å². The van der Waals surface area contributed by atoms with Gasteiger partial charge in [0.2, 0.25) is 5.95 Å². The fraction of sp³-hybridized carbons (Fsp3) is 0.556. The van der Waals surface area contributed by atoms with Crippen molar-refractivity contribution in [1.29, 1.82) is 0 Å². The molecule has 0 bridgehead atoms. The lowest BCUT2D eigenvalue weighted by Crippen LogP contribution is -2.39. The van der Waals surface area contributed by atoms with Gasteiger partial charge < -0.3 is 19.9 Å². The van der Waals surface area contributed by atoms with Crippen LogP contribution in [0.2, 0.25) is 0 Å². The largest absolute Gasteiger partial charge is 0.390 e. The standard InChI is InChI=1S/C18H25N5O4/c1-26-8-9-27-15-4-2-13(3-5-15)20-17(25)16-10-14(11-24)21-18(22-16)23-7-6-19-12-23/h6-7,10,12-13,15,24H,2-5,8-9,11H2,1H3,(H,20,25)/t13-,15-. The molecule has 2 N–H and O–H groups in total. The highest BCUT2D eigenvalue weighted by Gasteiger charge is 2.24. The second-order valence-corrected chi connectivity index (χ2v) is 6.48. The molecule has 146 valence electrons. The first-order chi connectivity index (χ1) is 13.2. The lowest BCUT2D eigenvalue weighted by atomic mass is 9.93. The third kappa shape index (κ3) is 5.31. The first-order valence-electron chi connectivity index (χ1n) is 9.08. The maximum atomic E-state index is 12.6. The summed E-state index contributed by atoms with van der Waals surface area (Å²) < 4.78 is 12.3. The van der Waals surface area contributed by atoms with E-state index in [9.17, 15) is 9.90 Å². The van der Waals surface area contributed by atoms with Crippen LogP contribution in [0.5, 0.6) is 0 Å². The van der Waals surface area contributed by atoms with Crippen LogP contribution in [-0.4, -0.2) is 63.0 Å². The number of amides is 1. The summed E-state index contributed by atoms with van der Waals surface area (Å²) in [6, 6.07) is 1.60. The fourth-order valence-corrected chi connectivity index (χ4v) is 3.11. The Kier molecular flexibility index (Phi) is 6.86. The van der Waals surface area contributed by atoms with Gasteiger partial charge in [0, 0.05) is 25.5 Å². The van der Waals surface area contributed by atoms with Crippen molar-refractivity contribution in [1.82, 2.24) is 24.8 Å². The zero-order valence-electron chi connectivity index (χ0n) is 15.4. The van der Waals surface area contributed by atoms with Crippen molar-refractivity contribution >= 4 is 5.91 Å². The Hall–Kier alpha value is -2.36. The summed E-state index contributed by atoms with van der Waals surface area (Å²) in [5.74, 6) is 0.0386. The predicted octanol–water partition coefficient (Wildman–Crippen LogP) is 0.859. The first kappa shape index (κ1) is 19.4. The second kappa shape index (κ2) is 9.54. The number of ether oxygens (including phenoxy) is 2. The number of carbonyl (C=O) groups excluding carboxylic acids is 1. The van der Waals surface area contributed by atoms with Crippen LogP contribution in [0, 0.1) is 0 Å². The lowest BCUT2D eigenvalue weighted by Gasteiger charge is -2.29. The monoisotopic (exact) mass is 375 g/mol. The Bertz CT molecular complexity index is 729. The van der Waals surface area contributed by atoms with Crippen molar-refractivity contribution in [2.75, 3.05) is 20.3 Å². The highest BCUT2D eigenvalue weighted by Crippen LogP contribution is 2.21. The lowest BCUT2D eigenvalue weighted by molar-refractivity contribution is -0.00409. The van der Waals surface area contributed by atoms with Gasteiger partial charge in [-0.25, -0.2) is 15.0 Å². The van der Waals surface area contributed by atoms with Crippen LogP contribution in [0.4, 0.5) is 0 Å². The second-order valence-electron chi connectivity index (χ2n) is 6.48. The van der Waals surface area contributed by atoms with Crippen LogP contribution in [0.15, 0.2) is 24.8 Å². The zero-order chi connectivity index (χ0) is 19.1. The molecule has 9 heteroatoms. The number of rotatable bonds is 8. The van der Waals surface area contributed by atoms with E-state index in [1.54, 1.807) is 30.4 Å². The molecule has 0 spiro atoms. The number of imidazole rings is 1. The Morgan fingerprint density at radius 2 is 2.11 bits per heavy atom. The Morgan fingerprint density at radius 3 is 2.78 bits per heavy atom. The molecule has 0 unspecified atom stereocenters. The van der Waals surface area contributed by atoms with Crippen LogP contribution >= 0.6 is 0 Å². The van der Waals surface area contributed by atoms with E-state index in [1.165, 1.54) is 6.07 Å². The molecule has 9 nitrogen and oxygen atoms in total. The molecule has 1 aliphatic rings. The predicted molar refractivity (Wildman–Crippen MR) is 96.4 cm³/mol. The summed E-state index contributed by atoms with van der Waals surface area (Å²) in [6.45, 7) is 0.922. The van der Waals surface area contributed by atoms with Crippen LogP contribution in [0.25, 0.3) is 5.95 Å². The van der Waals surface area contributed by atoms with Crippen LogP contribution < -0.4 is 5.32 Å². The van der Waals surface area contributed by atoms with Gasteiger partial charge >= 0.3 is 0 Å². The average Bonchev–Trinajstić information content (AvgIpc) is 3.24. The molecule has 3 rings (SSSR count). The number of hydrogen-bond donors (Lipinski definition) is 2. The topological polar surface area (TPSA) is 111 Å². The molecular weight excluding hydrogens is 350 g/mol. The minimum Gasteiger partial charge on any atom is -0.390 e. The molecule has 27 heavy (non-hydrogen) atoms. The number of nitrogens with zero attached hydrogens (tertiary/aromatic N) is 4. The first-order valence-corrected chi connectivity index (χ1v) is 9.08. The number of aliphatic hydroxyl groups is 1. The minimum atomic E-state index is -0.269. The molecule has 2 aromatic rings. The maximum absolute atomic E-state index is 12.6. The van der Waals surface area contributed by atoms with Crippen LogP contribution in [0.3, 0.4) is 0 Å². The Morgan fingerprint density at radius 1 is 1.30 bits per heavy atom. The smallest absolute Gasteiger partial charge is 0.270 e. The van der Waals surface area contributed by atoms with Gasteiger partial charge in [0.25, 0.3) is 5.91 Å².